The van der Waals surface area contributed by atoms with E-state index >= 15 is 0 Å². The highest BCUT2D eigenvalue weighted by molar-refractivity contribution is 5.98. The summed E-state index contributed by atoms with van der Waals surface area (Å²) in [5, 5.41) is 7.95. The van der Waals surface area contributed by atoms with E-state index in [4.69, 9.17) is 5.73 Å². The predicted molar refractivity (Wildman–Crippen MR) is 76.3 cm³/mol. The van der Waals surface area contributed by atoms with Crippen LogP contribution in [0, 0.1) is 0 Å². The zero-order valence-corrected chi connectivity index (χ0v) is 11.2. The van der Waals surface area contributed by atoms with Crippen LogP contribution in [-0.4, -0.2) is 39.1 Å². The van der Waals surface area contributed by atoms with Crippen molar-refractivity contribution in [3.8, 4) is 0 Å². The van der Waals surface area contributed by atoms with Crippen molar-refractivity contribution in [2.24, 2.45) is 5.73 Å². The Kier molecular flexibility index (Phi) is 2.57. The van der Waals surface area contributed by atoms with Gasteiger partial charge in [-0.1, -0.05) is 6.07 Å². The van der Waals surface area contributed by atoms with Gasteiger partial charge in [0.1, 0.15) is 0 Å². The first-order valence-corrected chi connectivity index (χ1v) is 7.24. The van der Waals surface area contributed by atoms with Crippen molar-refractivity contribution in [1.82, 2.24) is 15.1 Å². The number of aromatic nitrogens is 2. The predicted octanol–water partition coefficient (Wildman–Crippen LogP) is 1.66. The number of nitrogens with one attached hydrogen (secondary N) is 1. The monoisotopic (exact) mass is 270 g/mol. The smallest absolute Gasteiger partial charge is 0.254 e. The van der Waals surface area contributed by atoms with Crippen LogP contribution >= 0.6 is 0 Å². The van der Waals surface area contributed by atoms with Gasteiger partial charge in [-0.15, -0.1) is 0 Å². The van der Waals surface area contributed by atoms with Crippen molar-refractivity contribution >= 4 is 16.8 Å². The Morgan fingerprint density at radius 3 is 2.80 bits per heavy atom. The molecule has 0 spiro atoms. The number of fused-ring (bicyclic) bond motifs is 3. The number of rotatable bonds is 1. The lowest BCUT2D eigenvalue weighted by Gasteiger charge is -2.37. The number of H-pyrrole nitrogens is 1. The van der Waals surface area contributed by atoms with Crippen molar-refractivity contribution in [3.63, 3.8) is 0 Å². The van der Waals surface area contributed by atoms with Gasteiger partial charge < -0.3 is 10.6 Å². The molecule has 1 aromatic heterocycles. The highest BCUT2D eigenvalue weighted by Gasteiger charge is 2.42. The number of piperidine rings is 1. The fraction of sp³-hybridized carbons (Fsp3) is 0.467. The summed E-state index contributed by atoms with van der Waals surface area (Å²) >= 11 is 0. The van der Waals surface area contributed by atoms with Gasteiger partial charge in [-0.3, -0.25) is 9.89 Å². The molecule has 0 radical (unpaired) electrons. The number of carbonyl (C=O) groups is 1. The average molecular weight is 270 g/mol. The molecule has 2 bridgehead atoms. The van der Waals surface area contributed by atoms with Crippen molar-refractivity contribution in [1.29, 1.82) is 0 Å². The van der Waals surface area contributed by atoms with Gasteiger partial charge in [0.15, 0.2) is 0 Å². The summed E-state index contributed by atoms with van der Waals surface area (Å²) in [6.45, 7) is 0. The first kappa shape index (κ1) is 11.9. The van der Waals surface area contributed by atoms with Crippen LogP contribution in [-0.2, 0) is 0 Å². The van der Waals surface area contributed by atoms with E-state index in [0.29, 0.717) is 12.1 Å². The van der Waals surface area contributed by atoms with Gasteiger partial charge >= 0.3 is 0 Å². The fourth-order valence-corrected chi connectivity index (χ4v) is 3.77. The molecule has 2 aliphatic rings. The maximum absolute atomic E-state index is 12.8. The van der Waals surface area contributed by atoms with E-state index in [-0.39, 0.29) is 11.9 Å². The number of hydrogen-bond donors (Lipinski definition) is 2. The first-order chi connectivity index (χ1) is 9.72. The standard InChI is InChI=1S/C15H18N4O/c16-11-6-12-3-4-13(7-11)19(12)15(20)9-1-2-10-8-17-18-14(10)5-9/h1-2,5,8,11-13H,3-4,6-7,16H2,(H,17,18). The normalized spacial score (nSPS) is 29.1. The van der Waals surface area contributed by atoms with E-state index in [1.54, 1.807) is 6.20 Å². The molecule has 2 atom stereocenters. The molecule has 5 heteroatoms. The second-order valence-corrected chi connectivity index (χ2v) is 6.00. The summed E-state index contributed by atoms with van der Waals surface area (Å²) in [7, 11) is 0. The average Bonchev–Trinajstić information content (AvgIpc) is 3.00. The van der Waals surface area contributed by atoms with Crippen LogP contribution in [0.25, 0.3) is 10.9 Å². The third-order valence-corrected chi connectivity index (χ3v) is 4.69. The summed E-state index contributed by atoms with van der Waals surface area (Å²) in [5.74, 6) is 0.140. The molecule has 5 nitrogen and oxygen atoms in total. The summed E-state index contributed by atoms with van der Waals surface area (Å²) in [5.41, 5.74) is 7.72. The minimum Gasteiger partial charge on any atom is -0.333 e. The Morgan fingerprint density at radius 2 is 2.05 bits per heavy atom. The third-order valence-electron chi connectivity index (χ3n) is 4.69. The van der Waals surface area contributed by atoms with Crippen molar-refractivity contribution < 1.29 is 4.79 Å². The third kappa shape index (κ3) is 1.73. The lowest BCUT2D eigenvalue weighted by atomic mass is 9.97. The Hall–Kier alpha value is -1.88. The Bertz CT molecular complexity index is 651. The zero-order valence-electron chi connectivity index (χ0n) is 11.2. The number of amides is 1. The molecule has 0 aliphatic carbocycles. The molecule has 2 aromatic rings. The van der Waals surface area contributed by atoms with Crippen LogP contribution < -0.4 is 5.73 Å². The minimum absolute atomic E-state index is 0.140. The van der Waals surface area contributed by atoms with Gasteiger partial charge in [0, 0.05) is 29.1 Å². The number of nitrogens with two attached hydrogens (primary N) is 1. The summed E-state index contributed by atoms with van der Waals surface area (Å²) in [6.07, 6.45) is 5.84. The molecule has 3 N–H and O–H groups in total. The maximum atomic E-state index is 12.8. The molecule has 2 unspecified atom stereocenters. The van der Waals surface area contributed by atoms with E-state index < -0.39 is 0 Å². The Balaban J connectivity index is 1.66. The van der Waals surface area contributed by atoms with Crippen LogP contribution in [0.4, 0.5) is 0 Å². The van der Waals surface area contributed by atoms with Crippen LogP contribution in [0.5, 0.6) is 0 Å². The summed E-state index contributed by atoms with van der Waals surface area (Å²) < 4.78 is 0. The molecule has 0 saturated carbocycles. The molecule has 2 saturated heterocycles. The first-order valence-electron chi connectivity index (χ1n) is 7.24. The van der Waals surface area contributed by atoms with Gasteiger partial charge in [-0.05, 0) is 37.8 Å². The minimum atomic E-state index is 0.140. The van der Waals surface area contributed by atoms with E-state index in [1.807, 2.05) is 18.2 Å². The molecule has 20 heavy (non-hydrogen) atoms. The molecule has 2 aliphatic heterocycles. The zero-order chi connectivity index (χ0) is 13.7. The quantitative estimate of drug-likeness (QED) is 0.827. The van der Waals surface area contributed by atoms with Crippen LogP contribution in [0.2, 0.25) is 0 Å². The van der Waals surface area contributed by atoms with Crippen LogP contribution in [0.15, 0.2) is 24.4 Å². The van der Waals surface area contributed by atoms with Crippen molar-refractivity contribution in [3.05, 3.63) is 30.0 Å². The molecule has 1 aromatic carbocycles. The van der Waals surface area contributed by atoms with Gasteiger partial charge in [-0.25, -0.2) is 0 Å². The Morgan fingerprint density at radius 1 is 1.30 bits per heavy atom. The maximum Gasteiger partial charge on any atom is 0.254 e. The van der Waals surface area contributed by atoms with Crippen LogP contribution in [0.1, 0.15) is 36.0 Å². The van der Waals surface area contributed by atoms with E-state index in [1.165, 1.54) is 0 Å². The largest absolute Gasteiger partial charge is 0.333 e. The second kappa shape index (κ2) is 4.31. The van der Waals surface area contributed by atoms with Gasteiger partial charge in [0.25, 0.3) is 5.91 Å². The summed E-state index contributed by atoms with van der Waals surface area (Å²) in [6, 6.07) is 6.66. The molecular weight excluding hydrogens is 252 g/mol. The number of nitrogens with zero attached hydrogens (tertiary/aromatic N) is 2. The number of aromatic amines is 1. The lowest BCUT2D eigenvalue weighted by molar-refractivity contribution is 0.0575. The molecule has 4 rings (SSSR count). The van der Waals surface area contributed by atoms with Gasteiger partial charge in [0.05, 0.1) is 11.7 Å². The molecule has 2 fully saturated rings. The van der Waals surface area contributed by atoms with E-state index in [2.05, 4.69) is 15.1 Å². The van der Waals surface area contributed by atoms with E-state index in [9.17, 15) is 4.79 Å². The van der Waals surface area contributed by atoms with Crippen molar-refractivity contribution in [2.45, 2.75) is 43.8 Å². The molecular formula is C15H18N4O. The molecule has 104 valence electrons. The Labute approximate surface area is 117 Å². The lowest BCUT2D eigenvalue weighted by Crippen LogP contribution is -2.50. The number of benzene rings is 1. The number of carbonyl (C=O) groups excluding carboxylic acids is 1. The van der Waals surface area contributed by atoms with Crippen LogP contribution in [0.3, 0.4) is 0 Å². The van der Waals surface area contributed by atoms with E-state index in [0.717, 1.165) is 42.1 Å². The van der Waals surface area contributed by atoms with Gasteiger partial charge in [0.2, 0.25) is 0 Å². The topological polar surface area (TPSA) is 75.0 Å². The second-order valence-electron chi connectivity index (χ2n) is 6.00. The summed E-state index contributed by atoms with van der Waals surface area (Å²) in [4.78, 5) is 14.9. The molecule has 1 amide bonds. The molecule has 3 heterocycles. The highest BCUT2D eigenvalue weighted by atomic mass is 16.2. The SMILES string of the molecule is NC1CC2CCC(C1)N2C(=O)c1ccc2cn[nH]c2c1. The highest BCUT2D eigenvalue weighted by Crippen LogP contribution is 2.36. The van der Waals surface area contributed by atoms with Gasteiger partial charge in [-0.2, -0.15) is 5.10 Å². The fourth-order valence-electron chi connectivity index (χ4n) is 3.77. The number of hydrogen-bond acceptors (Lipinski definition) is 3. The van der Waals surface area contributed by atoms with Crippen molar-refractivity contribution in [2.75, 3.05) is 0 Å².